The number of piperidine rings is 1. The number of halogens is 1. The SMILES string of the molecule is Nc1nc(Nc2ccc(F)cc2)nc(N2CCCCC2)n1. The van der Waals surface area contributed by atoms with Crippen LogP contribution in [-0.4, -0.2) is 28.0 Å². The molecule has 1 aromatic heterocycles. The summed E-state index contributed by atoms with van der Waals surface area (Å²) in [4.78, 5) is 14.8. The molecule has 0 saturated carbocycles. The number of anilines is 4. The Morgan fingerprint density at radius 2 is 1.71 bits per heavy atom. The molecule has 0 bridgehead atoms. The standard InChI is InChI=1S/C14H17FN6/c15-10-4-6-11(7-5-10)17-13-18-12(16)19-14(20-13)21-8-2-1-3-9-21/h4-7H,1-3,8-9H2,(H3,16,17,18,19,20). The van der Waals surface area contributed by atoms with Gasteiger partial charge in [0, 0.05) is 18.8 Å². The van der Waals surface area contributed by atoms with Crippen LogP contribution in [0.5, 0.6) is 0 Å². The van der Waals surface area contributed by atoms with Gasteiger partial charge in [-0.3, -0.25) is 0 Å². The van der Waals surface area contributed by atoms with E-state index in [1.165, 1.54) is 18.6 Å². The zero-order valence-corrected chi connectivity index (χ0v) is 11.6. The van der Waals surface area contributed by atoms with E-state index in [0.29, 0.717) is 17.6 Å². The Kier molecular flexibility index (Phi) is 3.81. The summed E-state index contributed by atoms with van der Waals surface area (Å²) in [5.74, 6) is 0.849. The summed E-state index contributed by atoms with van der Waals surface area (Å²) >= 11 is 0. The van der Waals surface area contributed by atoms with Gasteiger partial charge in [0.05, 0.1) is 0 Å². The van der Waals surface area contributed by atoms with Gasteiger partial charge in [0.1, 0.15) is 5.82 Å². The summed E-state index contributed by atoms with van der Waals surface area (Å²) in [6.45, 7) is 1.86. The van der Waals surface area contributed by atoms with E-state index in [2.05, 4.69) is 25.2 Å². The minimum Gasteiger partial charge on any atom is -0.368 e. The summed E-state index contributed by atoms with van der Waals surface area (Å²) in [5.41, 5.74) is 6.46. The monoisotopic (exact) mass is 288 g/mol. The maximum atomic E-state index is 12.9. The van der Waals surface area contributed by atoms with Crippen LogP contribution in [0.3, 0.4) is 0 Å². The molecule has 7 heteroatoms. The third-order valence-corrected chi connectivity index (χ3v) is 3.38. The van der Waals surface area contributed by atoms with Crippen LogP contribution in [0.4, 0.5) is 27.9 Å². The number of rotatable bonds is 3. The maximum Gasteiger partial charge on any atom is 0.233 e. The Morgan fingerprint density at radius 3 is 2.43 bits per heavy atom. The molecule has 0 atom stereocenters. The number of nitrogens with one attached hydrogen (secondary N) is 1. The van der Waals surface area contributed by atoms with Gasteiger partial charge in [-0.05, 0) is 43.5 Å². The van der Waals surface area contributed by atoms with Crippen molar-refractivity contribution < 1.29 is 4.39 Å². The molecule has 0 unspecified atom stereocenters. The van der Waals surface area contributed by atoms with Crippen LogP contribution in [0.2, 0.25) is 0 Å². The molecule has 2 heterocycles. The third-order valence-electron chi connectivity index (χ3n) is 3.38. The van der Waals surface area contributed by atoms with E-state index in [1.54, 1.807) is 12.1 Å². The molecule has 0 spiro atoms. The average Bonchev–Trinajstić information content (AvgIpc) is 2.50. The highest BCUT2D eigenvalue weighted by molar-refractivity contribution is 5.55. The summed E-state index contributed by atoms with van der Waals surface area (Å²) < 4.78 is 12.9. The Bertz CT molecular complexity index is 609. The number of nitrogens with two attached hydrogens (primary N) is 1. The topological polar surface area (TPSA) is 80.0 Å². The van der Waals surface area contributed by atoms with E-state index < -0.39 is 0 Å². The van der Waals surface area contributed by atoms with Gasteiger partial charge in [-0.2, -0.15) is 15.0 Å². The van der Waals surface area contributed by atoms with Gasteiger partial charge >= 0.3 is 0 Å². The van der Waals surface area contributed by atoms with Gasteiger partial charge in [0.25, 0.3) is 0 Å². The third kappa shape index (κ3) is 3.36. The van der Waals surface area contributed by atoms with E-state index >= 15 is 0 Å². The van der Waals surface area contributed by atoms with Gasteiger partial charge in [-0.25, -0.2) is 4.39 Å². The summed E-state index contributed by atoms with van der Waals surface area (Å²) in [5, 5.41) is 3.02. The number of hydrogen-bond acceptors (Lipinski definition) is 6. The molecule has 3 rings (SSSR count). The predicted octanol–water partition coefficient (Wildman–Crippen LogP) is 2.33. The molecule has 6 nitrogen and oxygen atoms in total. The van der Waals surface area contributed by atoms with Crippen molar-refractivity contribution in [3.63, 3.8) is 0 Å². The highest BCUT2D eigenvalue weighted by Gasteiger charge is 2.15. The second kappa shape index (κ2) is 5.90. The number of nitrogens with zero attached hydrogens (tertiary/aromatic N) is 4. The first kappa shape index (κ1) is 13.5. The first-order chi connectivity index (χ1) is 10.2. The van der Waals surface area contributed by atoms with Gasteiger partial charge < -0.3 is 16.0 Å². The Balaban J connectivity index is 1.81. The van der Waals surface area contributed by atoms with Gasteiger partial charge in [0.15, 0.2) is 0 Å². The number of aromatic nitrogens is 3. The van der Waals surface area contributed by atoms with Crippen molar-refractivity contribution in [1.29, 1.82) is 0 Å². The van der Waals surface area contributed by atoms with Crippen molar-refractivity contribution in [1.82, 2.24) is 15.0 Å². The van der Waals surface area contributed by atoms with Crippen molar-refractivity contribution >= 4 is 23.5 Å². The molecule has 110 valence electrons. The number of nitrogen functional groups attached to an aromatic ring is 1. The molecule has 3 N–H and O–H groups in total. The van der Waals surface area contributed by atoms with Gasteiger partial charge in [-0.15, -0.1) is 0 Å². The second-order valence-corrected chi connectivity index (χ2v) is 5.00. The minimum absolute atomic E-state index is 0.176. The highest BCUT2D eigenvalue weighted by Crippen LogP contribution is 2.19. The van der Waals surface area contributed by atoms with Gasteiger partial charge in [0.2, 0.25) is 17.8 Å². The Hall–Kier alpha value is -2.44. The van der Waals surface area contributed by atoms with Crippen LogP contribution in [0.25, 0.3) is 0 Å². The second-order valence-electron chi connectivity index (χ2n) is 5.00. The van der Waals surface area contributed by atoms with E-state index in [0.717, 1.165) is 25.9 Å². The largest absolute Gasteiger partial charge is 0.368 e. The van der Waals surface area contributed by atoms with Gasteiger partial charge in [-0.1, -0.05) is 0 Å². The van der Waals surface area contributed by atoms with Crippen LogP contribution < -0.4 is 16.0 Å². The molecule has 1 aliphatic rings. The fourth-order valence-electron chi connectivity index (χ4n) is 2.33. The highest BCUT2D eigenvalue weighted by atomic mass is 19.1. The maximum absolute atomic E-state index is 12.9. The Morgan fingerprint density at radius 1 is 1.00 bits per heavy atom. The molecule has 0 aliphatic carbocycles. The summed E-state index contributed by atoms with van der Waals surface area (Å²) in [6.07, 6.45) is 3.50. The summed E-state index contributed by atoms with van der Waals surface area (Å²) in [6, 6.07) is 5.99. The molecule has 1 aromatic carbocycles. The zero-order chi connectivity index (χ0) is 14.7. The quantitative estimate of drug-likeness (QED) is 0.902. The van der Waals surface area contributed by atoms with Crippen molar-refractivity contribution in [2.24, 2.45) is 0 Å². The molecule has 2 aromatic rings. The lowest BCUT2D eigenvalue weighted by atomic mass is 10.1. The first-order valence-corrected chi connectivity index (χ1v) is 7.00. The van der Waals surface area contributed by atoms with E-state index in [1.807, 2.05) is 0 Å². The molecular weight excluding hydrogens is 271 g/mol. The lowest BCUT2D eigenvalue weighted by molar-refractivity contribution is 0.568. The van der Waals surface area contributed by atoms with Crippen LogP contribution in [0.1, 0.15) is 19.3 Å². The fourth-order valence-corrected chi connectivity index (χ4v) is 2.33. The van der Waals surface area contributed by atoms with E-state index in [-0.39, 0.29) is 11.8 Å². The molecule has 0 radical (unpaired) electrons. The average molecular weight is 288 g/mol. The first-order valence-electron chi connectivity index (χ1n) is 7.00. The molecule has 1 saturated heterocycles. The summed E-state index contributed by atoms with van der Waals surface area (Å²) in [7, 11) is 0. The normalized spacial score (nSPS) is 15.0. The fraction of sp³-hybridized carbons (Fsp3) is 0.357. The molecular formula is C14H17FN6. The number of hydrogen-bond donors (Lipinski definition) is 2. The van der Waals surface area contributed by atoms with Crippen LogP contribution in [-0.2, 0) is 0 Å². The molecule has 0 amide bonds. The minimum atomic E-state index is -0.287. The number of benzene rings is 1. The van der Waals surface area contributed by atoms with E-state index in [9.17, 15) is 4.39 Å². The zero-order valence-electron chi connectivity index (χ0n) is 11.6. The van der Waals surface area contributed by atoms with Crippen LogP contribution in [0.15, 0.2) is 24.3 Å². The molecule has 21 heavy (non-hydrogen) atoms. The Labute approximate surface area is 122 Å². The smallest absolute Gasteiger partial charge is 0.233 e. The molecule has 1 aliphatic heterocycles. The molecule has 1 fully saturated rings. The van der Waals surface area contributed by atoms with Crippen LogP contribution in [0, 0.1) is 5.82 Å². The van der Waals surface area contributed by atoms with Crippen LogP contribution >= 0.6 is 0 Å². The van der Waals surface area contributed by atoms with Crippen molar-refractivity contribution in [2.75, 3.05) is 29.0 Å². The van der Waals surface area contributed by atoms with E-state index in [4.69, 9.17) is 5.73 Å². The van der Waals surface area contributed by atoms with Crippen molar-refractivity contribution in [2.45, 2.75) is 19.3 Å². The van der Waals surface area contributed by atoms with Crippen molar-refractivity contribution in [3.8, 4) is 0 Å². The lowest BCUT2D eigenvalue weighted by Gasteiger charge is -2.26. The lowest BCUT2D eigenvalue weighted by Crippen LogP contribution is -2.31. The van der Waals surface area contributed by atoms with Crippen molar-refractivity contribution in [3.05, 3.63) is 30.1 Å². The predicted molar refractivity (Wildman–Crippen MR) is 80.0 cm³/mol.